The second-order valence-corrected chi connectivity index (χ2v) is 9.16. The summed E-state index contributed by atoms with van der Waals surface area (Å²) in [6.07, 6.45) is 0. The number of benzene rings is 2. The van der Waals surface area contributed by atoms with E-state index in [0.29, 0.717) is 34.1 Å². The predicted molar refractivity (Wildman–Crippen MR) is 124 cm³/mol. The molecule has 0 unspecified atom stereocenters. The van der Waals surface area contributed by atoms with Gasteiger partial charge in [0, 0.05) is 11.6 Å². The first-order valence-electron chi connectivity index (χ1n) is 10.2. The van der Waals surface area contributed by atoms with Gasteiger partial charge in [0.1, 0.15) is 17.2 Å². The van der Waals surface area contributed by atoms with Crippen LogP contribution in [0.15, 0.2) is 68.4 Å². The molecule has 0 aliphatic carbocycles. The molecule has 0 amide bonds. The maximum atomic E-state index is 13.0. The van der Waals surface area contributed by atoms with Crippen LogP contribution in [0.3, 0.4) is 0 Å². The van der Waals surface area contributed by atoms with Crippen molar-refractivity contribution in [2.24, 2.45) is 0 Å². The number of sulfonamides is 1. The first-order valence-corrected chi connectivity index (χ1v) is 11.6. The van der Waals surface area contributed by atoms with E-state index in [-0.39, 0.29) is 16.1 Å². The molecule has 4 aromatic rings. The van der Waals surface area contributed by atoms with Crippen LogP contribution < -0.4 is 9.46 Å². The number of ether oxygens (including phenoxy) is 2. The van der Waals surface area contributed by atoms with Gasteiger partial charge in [0.25, 0.3) is 10.0 Å². The quantitative estimate of drug-likeness (QED) is 0.372. The van der Waals surface area contributed by atoms with Crippen LogP contribution in [-0.4, -0.2) is 33.8 Å². The molecule has 2 aromatic heterocycles. The Morgan fingerprint density at radius 3 is 2.32 bits per heavy atom. The minimum absolute atomic E-state index is 0.0150. The molecule has 34 heavy (non-hydrogen) atoms. The molecule has 0 saturated heterocycles. The number of methoxy groups -OCH3 is 2. The van der Waals surface area contributed by atoms with Gasteiger partial charge in [-0.25, -0.2) is 13.2 Å². The van der Waals surface area contributed by atoms with E-state index >= 15 is 0 Å². The maximum Gasteiger partial charge on any atom is 0.340 e. The lowest BCUT2D eigenvalue weighted by atomic mass is 10.0. The molecule has 0 bridgehead atoms. The molecular formula is C24H22N2O7S. The monoisotopic (exact) mass is 482 g/mol. The fraction of sp³-hybridized carbons (Fsp3) is 0.167. The van der Waals surface area contributed by atoms with Crippen LogP contribution in [0.1, 0.15) is 21.7 Å². The fourth-order valence-corrected chi connectivity index (χ4v) is 4.54. The number of aryl methyl sites for hydroxylation is 2. The van der Waals surface area contributed by atoms with Gasteiger partial charge in [-0.1, -0.05) is 5.16 Å². The van der Waals surface area contributed by atoms with Crippen molar-refractivity contribution in [3.63, 3.8) is 0 Å². The third-order valence-electron chi connectivity index (χ3n) is 5.13. The van der Waals surface area contributed by atoms with E-state index < -0.39 is 16.0 Å². The molecule has 10 heteroatoms. The maximum absolute atomic E-state index is 13.0. The highest BCUT2D eigenvalue weighted by molar-refractivity contribution is 7.92. The van der Waals surface area contributed by atoms with E-state index in [1.54, 1.807) is 25.1 Å². The zero-order valence-corrected chi connectivity index (χ0v) is 19.7. The number of rotatable bonds is 7. The number of furan rings is 1. The average Bonchev–Trinajstić information content (AvgIpc) is 3.49. The first-order chi connectivity index (χ1) is 16.2. The number of nitrogens with zero attached hydrogens (tertiary/aromatic N) is 1. The lowest BCUT2D eigenvalue weighted by Gasteiger charge is -2.15. The van der Waals surface area contributed by atoms with Crippen LogP contribution in [0.25, 0.3) is 22.8 Å². The van der Waals surface area contributed by atoms with Crippen LogP contribution in [0, 0.1) is 13.8 Å². The molecule has 2 heterocycles. The number of anilines is 1. The molecule has 0 aliphatic heterocycles. The third-order valence-corrected chi connectivity index (χ3v) is 6.50. The molecule has 176 valence electrons. The van der Waals surface area contributed by atoms with Crippen molar-refractivity contribution in [3.8, 4) is 28.5 Å². The number of hydrogen-bond donors (Lipinski definition) is 1. The van der Waals surface area contributed by atoms with Gasteiger partial charge in [-0.15, -0.1) is 0 Å². The molecular weight excluding hydrogens is 460 g/mol. The zero-order chi connectivity index (χ0) is 24.5. The standard InChI is InChI=1S/C24H22N2O7S/c1-14-11-16(22-13-20(25-33-22)21-10-5-15(2)32-21)12-19(24(27)31-4)23(14)26-34(28,29)18-8-6-17(30-3)7-9-18/h5-13,26H,1-4H3. The fourth-order valence-electron chi connectivity index (χ4n) is 3.38. The van der Waals surface area contributed by atoms with E-state index in [1.807, 2.05) is 13.0 Å². The van der Waals surface area contributed by atoms with Crippen LogP contribution >= 0.6 is 0 Å². The summed E-state index contributed by atoms with van der Waals surface area (Å²) in [4.78, 5) is 12.6. The number of esters is 1. The van der Waals surface area contributed by atoms with Gasteiger partial charge < -0.3 is 18.4 Å². The molecule has 0 aliphatic rings. The Morgan fingerprint density at radius 2 is 1.71 bits per heavy atom. The summed E-state index contributed by atoms with van der Waals surface area (Å²) >= 11 is 0. The molecule has 4 rings (SSSR count). The van der Waals surface area contributed by atoms with Gasteiger partial charge in [0.05, 0.1) is 30.4 Å². The van der Waals surface area contributed by atoms with Crippen LogP contribution in [0.4, 0.5) is 5.69 Å². The van der Waals surface area contributed by atoms with Crippen LogP contribution in [0.2, 0.25) is 0 Å². The molecule has 0 saturated carbocycles. The highest BCUT2D eigenvalue weighted by Gasteiger charge is 2.23. The number of aromatic nitrogens is 1. The highest BCUT2D eigenvalue weighted by atomic mass is 32.2. The number of hydrogen-bond acceptors (Lipinski definition) is 8. The smallest absolute Gasteiger partial charge is 0.340 e. The van der Waals surface area contributed by atoms with Crippen molar-refractivity contribution >= 4 is 21.7 Å². The molecule has 1 N–H and O–H groups in total. The van der Waals surface area contributed by atoms with Crippen molar-refractivity contribution < 1.29 is 31.6 Å². The molecule has 2 aromatic carbocycles. The lowest BCUT2D eigenvalue weighted by molar-refractivity contribution is 0.0602. The summed E-state index contributed by atoms with van der Waals surface area (Å²) in [6.45, 7) is 3.50. The Hall–Kier alpha value is -4.05. The van der Waals surface area contributed by atoms with E-state index in [2.05, 4.69) is 9.88 Å². The summed E-state index contributed by atoms with van der Waals surface area (Å²) in [6, 6.07) is 14.3. The summed E-state index contributed by atoms with van der Waals surface area (Å²) in [7, 11) is -1.28. The number of carbonyl (C=O) groups is 1. The minimum atomic E-state index is -3.99. The van der Waals surface area contributed by atoms with Crippen molar-refractivity contribution in [1.29, 1.82) is 0 Å². The average molecular weight is 483 g/mol. The van der Waals surface area contributed by atoms with E-state index in [0.717, 1.165) is 5.76 Å². The highest BCUT2D eigenvalue weighted by Crippen LogP contribution is 2.33. The van der Waals surface area contributed by atoms with Crippen molar-refractivity contribution in [2.45, 2.75) is 18.7 Å². The van der Waals surface area contributed by atoms with Crippen molar-refractivity contribution in [3.05, 3.63) is 71.5 Å². The normalized spacial score (nSPS) is 11.3. The number of nitrogens with one attached hydrogen (secondary N) is 1. The Labute approximate surface area is 196 Å². The summed E-state index contributed by atoms with van der Waals surface area (Å²) in [5, 5.41) is 4.03. The van der Waals surface area contributed by atoms with Crippen molar-refractivity contribution in [1.82, 2.24) is 5.16 Å². The summed E-state index contributed by atoms with van der Waals surface area (Å²) in [5.74, 6) is 1.46. The Morgan fingerprint density at radius 1 is 0.971 bits per heavy atom. The van der Waals surface area contributed by atoms with Crippen LogP contribution in [-0.2, 0) is 14.8 Å². The van der Waals surface area contributed by atoms with Crippen LogP contribution in [0.5, 0.6) is 5.75 Å². The second kappa shape index (κ2) is 9.06. The van der Waals surface area contributed by atoms with Crippen molar-refractivity contribution in [2.75, 3.05) is 18.9 Å². The minimum Gasteiger partial charge on any atom is -0.497 e. The molecule has 9 nitrogen and oxygen atoms in total. The first kappa shape index (κ1) is 23.1. The van der Waals surface area contributed by atoms with Gasteiger partial charge in [0.15, 0.2) is 11.5 Å². The summed E-state index contributed by atoms with van der Waals surface area (Å²) in [5.41, 5.74) is 1.63. The van der Waals surface area contributed by atoms with Gasteiger partial charge in [-0.3, -0.25) is 4.72 Å². The van der Waals surface area contributed by atoms with Gasteiger partial charge in [-0.2, -0.15) is 0 Å². The SMILES string of the molecule is COC(=O)c1cc(-c2cc(-c3ccc(C)o3)no2)cc(C)c1NS(=O)(=O)c1ccc(OC)cc1. The molecule has 0 fully saturated rings. The second-order valence-electron chi connectivity index (χ2n) is 7.48. The van der Waals surface area contributed by atoms with Gasteiger partial charge in [0.2, 0.25) is 0 Å². The Balaban J connectivity index is 1.73. The lowest BCUT2D eigenvalue weighted by Crippen LogP contribution is -2.17. The van der Waals surface area contributed by atoms with Gasteiger partial charge >= 0.3 is 5.97 Å². The summed E-state index contributed by atoms with van der Waals surface area (Å²) < 4.78 is 49.5. The van der Waals surface area contributed by atoms with Gasteiger partial charge in [-0.05, 0) is 67.9 Å². The zero-order valence-electron chi connectivity index (χ0n) is 18.9. The molecule has 0 atom stereocenters. The molecule has 0 radical (unpaired) electrons. The topological polar surface area (TPSA) is 121 Å². The van der Waals surface area contributed by atoms with E-state index in [1.165, 1.54) is 44.6 Å². The molecule has 0 spiro atoms. The van der Waals surface area contributed by atoms with E-state index in [4.69, 9.17) is 18.4 Å². The van der Waals surface area contributed by atoms with E-state index in [9.17, 15) is 13.2 Å². The Bertz CT molecular complexity index is 1450. The largest absolute Gasteiger partial charge is 0.497 e. The number of carbonyl (C=O) groups excluding carboxylic acids is 1. The predicted octanol–water partition coefficient (Wildman–Crippen LogP) is 4.81. The Kier molecular flexibility index (Phi) is 6.16. The third kappa shape index (κ3) is 4.53.